The molecule has 0 aliphatic rings. The van der Waals surface area contributed by atoms with Gasteiger partial charge in [-0.1, -0.05) is 23.1 Å². The molecule has 2 rings (SSSR count). The van der Waals surface area contributed by atoms with Gasteiger partial charge in [-0.15, -0.1) is 10.2 Å². The highest BCUT2D eigenvalue weighted by atomic mass is 32.2. The van der Waals surface area contributed by atoms with E-state index in [0.29, 0.717) is 0 Å². The summed E-state index contributed by atoms with van der Waals surface area (Å²) >= 11 is 2.68. The average molecular weight is 264 g/mol. The van der Waals surface area contributed by atoms with Gasteiger partial charge in [-0.3, -0.25) is 10.1 Å². The predicted octanol–water partition coefficient (Wildman–Crippen LogP) is 2.47. The maximum atomic E-state index is 10.6. The third kappa shape index (κ3) is 2.58. The summed E-state index contributed by atoms with van der Waals surface area (Å²) in [6, 6.07) is 6.20. The molecule has 1 heterocycles. The lowest BCUT2D eigenvalue weighted by atomic mass is 10.2. The number of hydrogen-bond acceptors (Lipinski definition) is 7. The number of hydrogen-bond donors (Lipinski definition) is 0. The molecular weight excluding hydrogens is 260 g/mol. The maximum absolute atomic E-state index is 10.6. The number of nitro groups is 1. The normalized spacial score (nSPS) is 9.82. The SMILES string of the molecule is N#Cc1cc(Sc2nncs2)ccc1[N+](=O)[O-]. The molecule has 0 unspecified atom stereocenters. The Labute approximate surface area is 104 Å². The number of nitriles is 1. The number of aromatic nitrogens is 2. The smallest absolute Gasteiger partial charge is 0.258 e. The second-order valence-electron chi connectivity index (χ2n) is 2.85. The first kappa shape index (κ1) is 11.5. The molecule has 1 aromatic heterocycles. The molecule has 2 aromatic rings. The van der Waals surface area contributed by atoms with Gasteiger partial charge >= 0.3 is 0 Å². The molecule has 84 valence electrons. The van der Waals surface area contributed by atoms with Gasteiger partial charge in [-0.05, 0) is 12.1 Å². The first-order chi connectivity index (χ1) is 8.20. The third-order valence-corrected chi connectivity index (χ3v) is 3.60. The van der Waals surface area contributed by atoms with Crippen LogP contribution in [0.1, 0.15) is 5.56 Å². The first-order valence-corrected chi connectivity index (χ1v) is 6.03. The minimum absolute atomic E-state index is 0.0458. The summed E-state index contributed by atoms with van der Waals surface area (Å²) in [6.07, 6.45) is 0. The molecule has 0 atom stereocenters. The van der Waals surface area contributed by atoms with Crippen LogP contribution in [0.5, 0.6) is 0 Å². The van der Waals surface area contributed by atoms with E-state index < -0.39 is 4.92 Å². The summed E-state index contributed by atoms with van der Waals surface area (Å²) in [6.45, 7) is 0. The Kier molecular flexibility index (Phi) is 3.32. The molecular formula is C9H4N4O2S2. The highest BCUT2D eigenvalue weighted by Gasteiger charge is 2.14. The van der Waals surface area contributed by atoms with Gasteiger partial charge in [-0.2, -0.15) is 5.26 Å². The summed E-state index contributed by atoms with van der Waals surface area (Å²) in [7, 11) is 0. The molecule has 17 heavy (non-hydrogen) atoms. The Balaban J connectivity index is 2.33. The summed E-state index contributed by atoms with van der Waals surface area (Å²) in [4.78, 5) is 10.8. The minimum atomic E-state index is -0.571. The summed E-state index contributed by atoms with van der Waals surface area (Å²) in [5, 5.41) is 27.0. The molecule has 0 radical (unpaired) electrons. The standard InChI is InChI=1S/C9H4N4O2S2/c10-4-6-3-7(1-2-8(6)13(14)15)17-9-12-11-5-16-9/h1-3,5H. The van der Waals surface area contributed by atoms with Gasteiger partial charge in [0.05, 0.1) is 4.92 Å². The van der Waals surface area contributed by atoms with Crippen LogP contribution < -0.4 is 0 Å². The molecule has 0 N–H and O–H groups in total. The molecule has 1 aromatic carbocycles. The zero-order valence-corrected chi connectivity index (χ0v) is 9.86. The number of benzene rings is 1. The average Bonchev–Trinajstić information content (AvgIpc) is 2.81. The fourth-order valence-electron chi connectivity index (χ4n) is 1.14. The minimum Gasteiger partial charge on any atom is -0.258 e. The lowest BCUT2D eigenvalue weighted by molar-refractivity contribution is -0.385. The van der Waals surface area contributed by atoms with Crippen molar-refractivity contribution < 1.29 is 4.92 Å². The zero-order valence-electron chi connectivity index (χ0n) is 8.23. The van der Waals surface area contributed by atoms with Crippen LogP contribution in [0.4, 0.5) is 5.69 Å². The number of nitro benzene ring substituents is 1. The van der Waals surface area contributed by atoms with Gasteiger partial charge in [0.1, 0.15) is 17.1 Å². The van der Waals surface area contributed by atoms with E-state index >= 15 is 0 Å². The monoisotopic (exact) mass is 264 g/mol. The highest BCUT2D eigenvalue weighted by molar-refractivity contribution is 8.01. The molecule has 0 aliphatic heterocycles. The second-order valence-corrected chi connectivity index (χ2v) is 5.01. The van der Waals surface area contributed by atoms with Crippen LogP contribution in [0.2, 0.25) is 0 Å². The molecule has 8 heteroatoms. The van der Waals surface area contributed by atoms with Crippen molar-refractivity contribution in [3.63, 3.8) is 0 Å². The van der Waals surface area contributed by atoms with Crippen LogP contribution in [0.15, 0.2) is 32.9 Å². The van der Waals surface area contributed by atoms with Gasteiger partial charge in [0, 0.05) is 11.0 Å². The van der Waals surface area contributed by atoms with Crippen LogP contribution in [0.3, 0.4) is 0 Å². The topological polar surface area (TPSA) is 92.7 Å². The van der Waals surface area contributed by atoms with Crippen molar-refractivity contribution in [2.75, 3.05) is 0 Å². The summed E-state index contributed by atoms with van der Waals surface area (Å²) in [5.41, 5.74) is 1.46. The third-order valence-electron chi connectivity index (χ3n) is 1.83. The van der Waals surface area contributed by atoms with Crippen molar-refractivity contribution in [3.05, 3.63) is 39.4 Å². The van der Waals surface area contributed by atoms with Gasteiger partial charge in [-0.25, -0.2) is 0 Å². The first-order valence-electron chi connectivity index (χ1n) is 4.33. The van der Waals surface area contributed by atoms with Crippen molar-refractivity contribution in [1.29, 1.82) is 5.26 Å². The molecule has 6 nitrogen and oxygen atoms in total. The Hall–Kier alpha value is -1.98. The van der Waals surface area contributed by atoms with Crippen molar-refractivity contribution in [2.45, 2.75) is 9.24 Å². The molecule has 0 saturated carbocycles. The highest BCUT2D eigenvalue weighted by Crippen LogP contribution is 2.31. The Morgan fingerprint density at radius 2 is 2.35 bits per heavy atom. The van der Waals surface area contributed by atoms with Crippen molar-refractivity contribution in [2.24, 2.45) is 0 Å². The predicted molar refractivity (Wildman–Crippen MR) is 61.8 cm³/mol. The lowest BCUT2D eigenvalue weighted by Crippen LogP contribution is -1.92. The molecule has 0 bridgehead atoms. The second kappa shape index (κ2) is 4.90. The van der Waals surface area contributed by atoms with E-state index in [4.69, 9.17) is 5.26 Å². The number of rotatable bonds is 3. The fourth-order valence-corrected chi connectivity index (χ4v) is 2.63. The Morgan fingerprint density at radius 3 is 2.94 bits per heavy atom. The van der Waals surface area contributed by atoms with Gasteiger partial charge in [0.15, 0.2) is 4.34 Å². The lowest BCUT2D eigenvalue weighted by Gasteiger charge is -1.98. The largest absolute Gasteiger partial charge is 0.287 e. The molecule has 0 spiro atoms. The molecule has 0 fully saturated rings. The van der Waals surface area contributed by atoms with Gasteiger partial charge < -0.3 is 0 Å². The number of nitrogens with zero attached hydrogens (tertiary/aromatic N) is 4. The van der Waals surface area contributed by atoms with E-state index in [0.717, 1.165) is 9.24 Å². The van der Waals surface area contributed by atoms with Crippen LogP contribution in [-0.2, 0) is 0 Å². The van der Waals surface area contributed by atoms with Crippen LogP contribution in [0, 0.1) is 21.4 Å². The molecule has 0 aliphatic carbocycles. The molecule has 0 amide bonds. The zero-order chi connectivity index (χ0) is 12.3. The van der Waals surface area contributed by atoms with Crippen molar-refractivity contribution in [3.8, 4) is 6.07 Å². The van der Waals surface area contributed by atoms with E-state index in [-0.39, 0.29) is 11.3 Å². The van der Waals surface area contributed by atoms with E-state index in [2.05, 4.69) is 10.2 Å². The van der Waals surface area contributed by atoms with E-state index in [1.165, 1.54) is 35.2 Å². The molecule has 0 saturated heterocycles. The maximum Gasteiger partial charge on any atom is 0.287 e. The fraction of sp³-hybridized carbons (Fsp3) is 0. The Morgan fingerprint density at radius 1 is 1.53 bits per heavy atom. The Bertz CT molecular complexity index is 592. The quantitative estimate of drug-likeness (QED) is 0.624. The van der Waals surface area contributed by atoms with Crippen LogP contribution in [-0.4, -0.2) is 15.1 Å². The van der Waals surface area contributed by atoms with E-state index in [9.17, 15) is 10.1 Å². The van der Waals surface area contributed by atoms with Gasteiger partial charge in [0.25, 0.3) is 5.69 Å². The van der Waals surface area contributed by atoms with Crippen LogP contribution >= 0.6 is 23.1 Å². The van der Waals surface area contributed by atoms with E-state index in [1.54, 1.807) is 11.6 Å². The summed E-state index contributed by atoms with van der Waals surface area (Å²) < 4.78 is 0.725. The van der Waals surface area contributed by atoms with E-state index in [1.807, 2.05) is 6.07 Å². The van der Waals surface area contributed by atoms with Crippen molar-refractivity contribution in [1.82, 2.24) is 10.2 Å². The van der Waals surface area contributed by atoms with Gasteiger partial charge in [0.2, 0.25) is 0 Å². The van der Waals surface area contributed by atoms with Crippen LogP contribution in [0.25, 0.3) is 0 Å². The van der Waals surface area contributed by atoms with Crippen molar-refractivity contribution >= 4 is 28.8 Å². The summed E-state index contributed by atoms with van der Waals surface area (Å²) in [5.74, 6) is 0.